The predicted molar refractivity (Wildman–Crippen MR) is 249 cm³/mol. The van der Waals surface area contributed by atoms with Crippen molar-refractivity contribution >= 4 is 22.6 Å². The highest BCUT2D eigenvalue weighted by atomic mass is 15.1. The van der Waals surface area contributed by atoms with Crippen LogP contribution < -0.4 is 4.90 Å². The fraction of sp³-hybridized carbons (Fsp3) is 0.0690. The number of anilines is 3. The van der Waals surface area contributed by atoms with Gasteiger partial charge < -0.3 is 4.90 Å². The van der Waals surface area contributed by atoms with Gasteiger partial charge in [0.25, 0.3) is 0 Å². The van der Waals surface area contributed by atoms with E-state index in [0.29, 0.717) is 0 Å². The number of hydrogen-bond donors (Lipinski definition) is 0. The number of hydrogen-bond acceptors (Lipinski definition) is 1. The van der Waals surface area contributed by atoms with Gasteiger partial charge in [0, 0.05) is 22.5 Å². The van der Waals surface area contributed by atoms with Crippen LogP contribution in [0.1, 0.15) is 52.8 Å². The molecule has 1 spiro atoms. The molecule has 0 aromatic heterocycles. The van der Waals surface area contributed by atoms with Gasteiger partial charge in [-0.15, -0.1) is 0 Å². The van der Waals surface area contributed by atoms with Crippen molar-refractivity contribution in [2.45, 2.75) is 24.7 Å². The maximum absolute atomic E-state index is 4.05. The molecule has 0 saturated heterocycles. The van der Waals surface area contributed by atoms with Crippen molar-refractivity contribution in [2.75, 3.05) is 4.90 Å². The SMILES string of the molecule is C=C/C=C(\C=C)c1ccc(N(c2ccc(-c3ccc4c(c3)-c3ccccc3C43c4ccccc4-c4ccccc43)cc2)c2ccc3c(c2)C(C)(C)c2ccccc2-3)cc1. The zero-order valence-electron chi connectivity index (χ0n) is 33.4. The van der Waals surface area contributed by atoms with Gasteiger partial charge in [-0.3, -0.25) is 0 Å². The van der Waals surface area contributed by atoms with E-state index in [1.165, 1.54) is 77.9 Å². The lowest BCUT2D eigenvalue weighted by atomic mass is 9.70. The Balaban J connectivity index is 1.02. The summed E-state index contributed by atoms with van der Waals surface area (Å²) in [7, 11) is 0. The van der Waals surface area contributed by atoms with Crippen molar-refractivity contribution in [3.05, 3.63) is 252 Å². The number of nitrogens with zero attached hydrogens (tertiary/aromatic N) is 1. The van der Waals surface area contributed by atoms with E-state index in [2.05, 4.69) is 214 Å². The number of allylic oxidation sites excluding steroid dienone is 4. The van der Waals surface area contributed by atoms with E-state index in [9.17, 15) is 0 Å². The molecule has 0 N–H and O–H groups in total. The largest absolute Gasteiger partial charge is 0.310 e. The van der Waals surface area contributed by atoms with Gasteiger partial charge in [-0.05, 0) is 131 Å². The van der Waals surface area contributed by atoms with Crippen LogP contribution in [0.3, 0.4) is 0 Å². The van der Waals surface area contributed by atoms with Gasteiger partial charge in [-0.1, -0.05) is 185 Å². The molecule has 1 heteroatoms. The lowest BCUT2D eigenvalue weighted by Gasteiger charge is -2.30. The summed E-state index contributed by atoms with van der Waals surface area (Å²) in [5, 5.41) is 0. The molecule has 8 aromatic carbocycles. The van der Waals surface area contributed by atoms with E-state index in [0.717, 1.165) is 28.2 Å². The lowest BCUT2D eigenvalue weighted by molar-refractivity contribution is 0.660. The minimum absolute atomic E-state index is 0.108. The Bertz CT molecular complexity index is 3000. The first kappa shape index (κ1) is 35.0. The Morgan fingerprint density at radius 3 is 1.46 bits per heavy atom. The van der Waals surface area contributed by atoms with Crippen molar-refractivity contribution in [3.8, 4) is 44.5 Å². The van der Waals surface area contributed by atoms with Crippen molar-refractivity contribution in [2.24, 2.45) is 0 Å². The molecule has 0 radical (unpaired) electrons. The third-order valence-corrected chi connectivity index (χ3v) is 13.3. The predicted octanol–water partition coefficient (Wildman–Crippen LogP) is 15.2. The number of fused-ring (bicyclic) bond motifs is 13. The smallest absolute Gasteiger partial charge is 0.0725 e. The Morgan fingerprint density at radius 1 is 0.424 bits per heavy atom. The van der Waals surface area contributed by atoms with Crippen molar-refractivity contribution < 1.29 is 0 Å². The minimum atomic E-state index is -0.336. The van der Waals surface area contributed by atoms with Gasteiger partial charge >= 0.3 is 0 Å². The molecule has 0 heterocycles. The molecule has 11 rings (SSSR count). The molecule has 0 atom stereocenters. The van der Waals surface area contributed by atoms with Crippen molar-refractivity contribution in [1.82, 2.24) is 0 Å². The minimum Gasteiger partial charge on any atom is -0.310 e. The van der Waals surface area contributed by atoms with E-state index in [1.54, 1.807) is 0 Å². The maximum Gasteiger partial charge on any atom is 0.0725 e. The summed E-state index contributed by atoms with van der Waals surface area (Å²) >= 11 is 0. The molecule has 1 nitrogen and oxygen atoms in total. The molecule has 0 amide bonds. The fourth-order valence-corrected chi connectivity index (χ4v) is 10.6. The fourth-order valence-electron chi connectivity index (χ4n) is 10.6. The van der Waals surface area contributed by atoms with Gasteiger partial charge in [-0.2, -0.15) is 0 Å². The molecule has 3 aliphatic carbocycles. The molecule has 0 saturated carbocycles. The Labute approximate surface area is 347 Å². The van der Waals surface area contributed by atoms with E-state index < -0.39 is 0 Å². The summed E-state index contributed by atoms with van der Waals surface area (Å²) in [5.74, 6) is 0. The average molecular weight is 754 g/mol. The molecule has 0 unspecified atom stereocenters. The highest BCUT2D eigenvalue weighted by Gasteiger charge is 2.51. The highest BCUT2D eigenvalue weighted by molar-refractivity contribution is 5.96. The van der Waals surface area contributed by atoms with Crippen LogP contribution in [0, 0.1) is 0 Å². The maximum atomic E-state index is 4.05. The number of benzene rings is 8. The quantitative estimate of drug-likeness (QED) is 0.147. The second kappa shape index (κ2) is 13.2. The summed E-state index contributed by atoms with van der Waals surface area (Å²) < 4.78 is 0. The van der Waals surface area contributed by atoms with Crippen LogP contribution in [0.25, 0.3) is 50.1 Å². The monoisotopic (exact) mass is 753 g/mol. The lowest BCUT2D eigenvalue weighted by Crippen LogP contribution is -2.25. The second-order valence-corrected chi connectivity index (χ2v) is 16.5. The van der Waals surface area contributed by atoms with E-state index in [1.807, 2.05) is 18.2 Å². The number of rotatable bonds is 7. The summed E-state index contributed by atoms with van der Waals surface area (Å²) in [5.41, 5.74) is 23.5. The molecule has 280 valence electrons. The molecular formula is C58H43N. The van der Waals surface area contributed by atoms with E-state index in [4.69, 9.17) is 0 Å². The molecule has 0 fully saturated rings. The third-order valence-electron chi connectivity index (χ3n) is 13.3. The first-order valence-electron chi connectivity index (χ1n) is 20.6. The molecule has 0 aliphatic heterocycles. The zero-order valence-corrected chi connectivity index (χ0v) is 33.4. The standard InChI is InChI=1S/C58H43N/c1-5-15-38(6-2)39-24-29-42(30-25-39)59(44-33-34-49-45-16-7-11-20-51(45)57(3,4)56(49)37-44)43-31-26-40(27-32-43)41-28-35-55-50(36-41)48-19-10-14-23-54(48)58(55)52-21-12-8-17-46(52)47-18-9-13-22-53(47)58/h5-37H,1-2H2,3-4H3/b38-15+. The topological polar surface area (TPSA) is 3.24 Å². The molecule has 8 aromatic rings. The first-order valence-corrected chi connectivity index (χ1v) is 20.6. The van der Waals surface area contributed by atoms with E-state index in [-0.39, 0.29) is 10.8 Å². The second-order valence-electron chi connectivity index (χ2n) is 16.5. The molecule has 3 aliphatic rings. The normalized spacial score (nSPS) is 14.4. The Hall–Kier alpha value is -7.22. The molecule has 0 bridgehead atoms. The van der Waals surface area contributed by atoms with Gasteiger partial charge in [0.2, 0.25) is 0 Å². The summed E-state index contributed by atoms with van der Waals surface area (Å²) in [4.78, 5) is 2.38. The third kappa shape index (κ3) is 4.98. The van der Waals surface area contributed by atoms with Crippen LogP contribution in [0.2, 0.25) is 0 Å². The van der Waals surface area contributed by atoms with Gasteiger partial charge in [0.15, 0.2) is 0 Å². The van der Waals surface area contributed by atoms with Crippen molar-refractivity contribution in [3.63, 3.8) is 0 Å². The van der Waals surface area contributed by atoms with Crippen LogP contribution >= 0.6 is 0 Å². The summed E-state index contributed by atoms with van der Waals surface area (Å²) in [6.07, 6.45) is 5.70. The van der Waals surface area contributed by atoms with E-state index >= 15 is 0 Å². The molecular weight excluding hydrogens is 711 g/mol. The average Bonchev–Trinajstić information content (AvgIpc) is 3.84. The molecule has 59 heavy (non-hydrogen) atoms. The van der Waals surface area contributed by atoms with Crippen LogP contribution in [0.4, 0.5) is 17.1 Å². The summed E-state index contributed by atoms with van der Waals surface area (Å²) in [6.45, 7) is 12.6. The van der Waals surface area contributed by atoms with Gasteiger partial charge in [0.05, 0.1) is 5.41 Å². The Kier molecular flexibility index (Phi) is 7.80. The Morgan fingerprint density at radius 2 is 0.881 bits per heavy atom. The van der Waals surface area contributed by atoms with Crippen LogP contribution in [-0.2, 0) is 10.8 Å². The first-order chi connectivity index (χ1) is 28.9. The highest BCUT2D eigenvalue weighted by Crippen LogP contribution is 2.63. The summed E-state index contributed by atoms with van der Waals surface area (Å²) in [6, 6.07) is 67.9. The van der Waals surface area contributed by atoms with Crippen LogP contribution in [-0.4, -0.2) is 0 Å². The zero-order chi connectivity index (χ0) is 39.9. The van der Waals surface area contributed by atoms with Crippen LogP contribution in [0.15, 0.2) is 213 Å². The van der Waals surface area contributed by atoms with Crippen molar-refractivity contribution in [1.29, 1.82) is 0 Å². The van der Waals surface area contributed by atoms with Gasteiger partial charge in [0.1, 0.15) is 0 Å². The van der Waals surface area contributed by atoms with Crippen LogP contribution in [0.5, 0.6) is 0 Å². The van der Waals surface area contributed by atoms with Gasteiger partial charge in [-0.25, -0.2) is 0 Å².